The Labute approximate surface area is 178 Å². The zero-order valence-electron chi connectivity index (χ0n) is 16.9. The second-order valence-electron chi connectivity index (χ2n) is 8.20. The first kappa shape index (κ1) is 21.3. The highest BCUT2D eigenvalue weighted by atomic mass is 79.9. The van der Waals surface area contributed by atoms with Crippen molar-refractivity contribution in [3.8, 4) is 0 Å². The van der Waals surface area contributed by atoms with Gasteiger partial charge in [-0.15, -0.1) is 0 Å². The van der Waals surface area contributed by atoms with E-state index in [1.165, 1.54) is 0 Å². The summed E-state index contributed by atoms with van der Waals surface area (Å²) in [5.41, 5.74) is 8.41. The predicted octanol–water partition coefficient (Wildman–Crippen LogP) is 3.47. The normalized spacial score (nSPS) is 12.9. The molecule has 8 heteroatoms. The number of nitrogens with zero attached hydrogens (tertiary/aromatic N) is 2. The summed E-state index contributed by atoms with van der Waals surface area (Å²) in [6, 6.07) is 9.55. The van der Waals surface area contributed by atoms with Crippen molar-refractivity contribution in [2.45, 2.75) is 39.8 Å². The molecule has 1 amide bonds. The molecule has 2 aromatic heterocycles. The number of carbonyl (C=O) groups is 1. The highest BCUT2D eigenvalue weighted by Gasteiger charge is 2.24. The van der Waals surface area contributed by atoms with Gasteiger partial charge in [0.15, 0.2) is 0 Å². The summed E-state index contributed by atoms with van der Waals surface area (Å²) in [7, 11) is 0. The first-order chi connectivity index (χ1) is 13.7. The van der Waals surface area contributed by atoms with Crippen LogP contribution in [-0.4, -0.2) is 27.0 Å². The molecule has 2 heterocycles. The third kappa shape index (κ3) is 4.94. The summed E-state index contributed by atoms with van der Waals surface area (Å²) >= 11 is 3.43. The molecule has 0 saturated carbocycles. The lowest BCUT2D eigenvalue weighted by atomic mass is 9.92. The van der Waals surface area contributed by atoms with Gasteiger partial charge >= 0.3 is 0 Å². The minimum Gasteiger partial charge on any atom is -0.352 e. The lowest BCUT2D eigenvalue weighted by molar-refractivity contribution is 0.0949. The van der Waals surface area contributed by atoms with Crippen LogP contribution in [-0.2, 0) is 6.42 Å². The molecule has 5 N–H and O–H groups in total. The number of pyridine rings is 1. The zero-order chi connectivity index (χ0) is 21.2. The number of aromatic nitrogens is 3. The third-order valence-corrected chi connectivity index (χ3v) is 5.24. The average Bonchev–Trinajstić information content (AvgIpc) is 3.08. The average molecular weight is 459 g/mol. The van der Waals surface area contributed by atoms with E-state index in [1.54, 1.807) is 16.8 Å². The molecular formula is C21H27BrN6O. The fraction of sp³-hybridized carbons (Fsp3) is 0.381. The first-order valence-corrected chi connectivity index (χ1v) is 10.4. The summed E-state index contributed by atoms with van der Waals surface area (Å²) in [5, 5.41) is 11.3. The van der Waals surface area contributed by atoms with Crippen molar-refractivity contribution in [1.29, 1.82) is 5.41 Å². The minimum absolute atomic E-state index is 0.102. The van der Waals surface area contributed by atoms with Gasteiger partial charge in [-0.1, -0.05) is 32.9 Å². The Kier molecular flexibility index (Phi) is 6.24. The van der Waals surface area contributed by atoms with Crippen molar-refractivity contribution in [1.82, 2.24) is 19.9 Å². The number of hydrogen-bond donors (Lipinski definition) is 4. The van der Waals surface area contributed by atoms with Crippen molar-refractivity contribution in [3.63, 3.8) is 0 Å². The van der Waals surface area contributed by atoms with E-state index in [1.807, 2.05) is 45.0 Å². The van der Waals surface area contributed by atoms with Gasteiger partial charge in [0.05, 0.1) is 22.8 Å². The van der Waals surface area contributed by atoms with Gasteiger partial charge in [-0.05, 0) is 46.0 Å². The molecule has 0 fully saturated rings. The highest BCUT2D eigenvalue weighted by Crippen LogP contribution is 2.25. The smallest absolute Gasteiger partial charge is 0.255 e. The highest BCUT2D eigenvalue weighted by molar-refractivity contribution is 9.10. The molecule has 0 aliphatic rings. The summed E-state index contributed by atoms with van der Waals surface area (Å²) in [4.78, 5) is 20.5. The number of H-pyrrole nitrogens is 1. The van der Waals surface area contributed by atoms with Crippen LogP contribution in [0.25, 0.3) is 11.0 Å². The van der Waals surface area contributed by atoms with Crippen molar-refractivity contribution in [2.75, 3.05) is 6.54 Å². The maximum atomic E-state index is 12.7. The number of benzene rings is 1. The van der Waals surface area contributed by atoms with Crippen LogP contribution in [0.4, 0.5) is 0 Å². The fourth-order valence-electron chi connectivity index (χ4n) is 3.07. The molecule has 0 aliphatic carbocycles. The largest absolute Gasteiger partial charge is 0.352 e. The van der Waals surface area contributed by atoms with E-state index in [0.717, 1.165) is 29.7 Å². The number of nitrogens with one attached hydrogen (secondary N) is 3. The van der Waals surface area contributed by atoms with Crippen LogP contribution in [0.3, 0.4) is 0 Å². The van der Waals surface area contributed by atoms with Crippen LogP contribution in [0.5, 0.6) is 0 Å². The summed E-state index contributed by atoms with van der Waals surface area (Å²) in [5.74, 6) is 0.619. The number of aryl methyl sites for hydroxylation is 1. The number of fused-ring (bicyclic) bond motifs is 1. The molecule has 154 valence electrons. The number of imidazole rings is 1. The van der Waals surface area contributed by atoms with Gasteiger partial charge < -0.3 is 20.6 Å². The first-order valence-electron chi connectivity index (χ1n) is 9.60. The summed E-state index contributed by atoms with van der Waals surface area (Å²) in [6.45, 7) is 6.50. The molecule has 0 spiro atoms. The van der Waals surface area contributed by atoms with Gasteiger partial charge in [0, 0.05) is 23.6 Å². The van der Waals surface area contributed by atoms with Crippen LogP contribution in [0, 0.1) is 10.8 Å². The molecule has 3 rings (SSSR count). The van der Waals surface area contributed by atoms with Gasteiger partial charge in [-0.25, -0.2) is 4.98 Å². The SMILES string of the molecule is CC(C)(C)C(N)n1cc(Br)cc(C(=O)NCCCc2nc3ccccc3[nH]2)c1=N. The second kappa shape index (κ2) is 8.51. The van der Waals surface area contributed by atoms with E-state index in [0.29, 0.717) is 16.6 Å². The number of hydrogen-bond acceptors (Lipinski definition) is 4. The second-order valence-corrected chi connectivity index (χ2v) is 9.11. The number of halogens is 1. The van der Waals surface area contributed by atoms with Crippen LogP contribution in [0.1, 0.15) is 49.5 Å². The Bertz CT molecular complexity index is 1050. The van der Waals surface area contributed by atoms with Crippen molar-refractivity contribution < 1.29 is 4.79 Å². The van der Waals surface area contributed by atoms with Gasteiger partial charge in [0.25, 0.3) is 5.91 Å². The van der Waals surface area contributed by atoms with Gasteiger partial charge in [-0.2, -0.15) is 0 Å². The van der Waals surface area contributed by atoms with E-state index < -0.39 is 6.17 Å². The molecular weight excluding hydrogens is 432 g/mol. The zero-order valence-corrected chi connectivity index (χ0v) is 18.5. The monoisotopic (exact) mass is 458 g/mol. The number of amides is 1. The molecule has 0 aliphatic heterocycles. The maximum absolute atomic E-state index is 12.7. The number of carbonyl (C=O) groups excluding carboxylic acids is 1. The molecule has 29 heavy (non-hydrogen) atoms. The summed E-state index contributed by atoms with van der Waals surface area (Å²) < 4.78 is 2.34. The van der Waals surface area contributed by atoms with Crippen LogP contribution in [0.15, 0.2) is 41.0 Å². The number of aromatic amines is 1. The molecule has 1 unspecified atom stereocenters. The van der Waals surface area contributed by atoms with E-state index in [2.05, 4.69) is 31.2 Å². The molecule has 0 bridgehead atoms. The van der Waals surface area contributed by atoms with Gasteiger partial charge in [0.2, 0.25) is 0 Å². The van der Waals surface area contributed by atoms with Crippen LogP contribution >= 0.6 is 15.9 Å². The molecule has 3 aromatic rings. The van der Waals surface area contributed by atoms with E-state index >= 15 is 0 Å². The quantitative estimate of drug-likeness (QED) is 0.424. The standard InChI is InChI=1S/C21H27BrN6O/c1-21(2,3)20(24)28-12-13(22)11-14(18(28)23)19(29)25-10-6-9-17-26-15-7-4-5-8-16(15)27-17/h4-5,7-8,11-12,20,23H,6,9-10,24H2,1-3H3,(H,25,29)(H,26,27). The lowest BCUT2D eigenvalue weighted by Gasteiger charge is -2.30. The molecule has 1 atom stereocenters. The van der Waals surface area contributed by atoms with Gasteiger partial charge in [0.1, 0.15) is 11.3 Å². The molecule has 1 aromatic carbocycles. The predicted molar refractivity (Wildman–Crippen MR) is 117 cm³/mol. The number of nitrogens with two attached hydrogens (primary N) is 1. The Morgan fingerprint density at radius 2 is 2.10 bits per heavy atom. The Morgan fingerprint density at radius 1 is 1.38 bits per heavy atom. The Morgan fingerprint density at radius 3 is 2.79 bits per heavy atom. The molecule has 0 radical (unpaired) electrons. The van der Waals surface area contributed by atoms with E-state index in [4.69, 9.17) is 11.1 Å². The van der Waals surface area contributed by atoms with Crippen LogP contribution in [0.2, 0.25) is 0 Å². The number of rotatable bonds is 6. The Hall–Kier alpha value is -2.45. The lowest BCUT2D eigenvalue weighted by Crippen LogP contribution is -2.41. The van der Waals surface area contributed by atoms with E-state index in [-0.39, 0.29) is 16.8 Å². The van der Waals surface area contributed by atoms with Gasteiger partial charge in [-0.3, -0.25) is 10.2 Å². The van der Waals surface area contributed by atoms with Crippen molar-refractivity contribution in [2.24, 2.45) is 11.1 Å². The fourth-order valence-corrected chi connectivity index (χ4v) is 3.52. The maximum Gasteiger partial charge on any atom is 0.255 e. The van der Waals surface area contributed by atoms with Crippen molar-refractivity contribution in [3.05, 3.63) is 57.9 Å². The molecule has 7 nitrogen and oxygen atoms in total. The molecule has 0 saturated heterocycles. The van der Waals surface area contributed by atoms with E-state index in [9.17, 15) is 4.79 Å². The minimum atomic E-state index is -0.424. The summed E-state index contributed by atoms with van der Waals surface area (Å²) in [6.07, 6.45) is 2.80. The number of para-hydroxylation sites is 2. The third-order valence-electron chi connectivity index (χ3n) is 4.80. The van der Waals surface area contributed by atoms with Crippen molar-refractivity contribution >= 4 is 32.9 Å². The van der Waals surface area contributed by atoms with Crippen LogP contribution < -0.4 is 16.5 Å². The Balaban J connectivity index is 1.64. The topological polar surface area (TPSA) is 113 Å².